The van der Waals surface area contributed by atoms with Gasteiger partial charge in [0.15, 0.2) is 0 Å². The number of likely N-dealkylation sites (N-methyl/N-ethyl adjacent to an activating group) is 1. The van der Waals surface area contributed by atoms with Gasteiger partial charge in [0.1, 0.15) is 0 Å². The Morgan fingerprint density at radius 2 is 2.05 bits per heavy atom. The van der Waals surface area contributed by atoms with Crippen LogP contribution in [0.4, 0.5) is 0 Å². The Balaban J connectivity index is 2.32. The van der Waals surface area contributed by atoms with E-state index in [4.69, 9.17) is 4.74 Å². The van der Waals surface area contributed by atoms with Crippen LogP contribution in [-0.2, 0) is 11.3 Å². The zero-order chi connectivity index (χ0) is 15.1. The third-order valence-corrected chi connectivity index (χ3v) is 4.44. The molecule has 0 amide bonds. The number of nitrogens with one attached hydrogen (secondary N) is 1. The monoisotopic (exact) mass is 294 g/mol. The van der Waals surface area contributed by atoms with E-state index < -0.39 is 0 Å². The molecule has 0 aromatic carbocycles. The zero-order valence-corrected chi connectivity index (χ0v) is 13.8. The Morgan fingerprint density at radius 1 is 1.29 bits per heavy atom. The van der Waals surface area contributed by atoms with Crippen molar-refractivity contribution < 1.29 is 4.74 Å². The first-order chi connectivity index (χ1) is 10.3. The van der Waals surface area contributed by atoms with Gasteiger partial charge in [-0.05, 0) is 32.7 Å². The molecule has 2 rings (SSSR count). The second kappa shape index (κ2) is 7.90. The van der Waals surface area contributed by atoms with Gasteiger partial charge in [0, 0.05) is 13.2 Å². The molecule has 1 aromatic rings. The largest absolute Gasteiger partial charge is 0.373 e. The Morgan fingerprint density at radius 3 is 2.67 bits per heavy atom. The summed E-state index contributed by atoms with van der Waals surface area (Å²) < 4.78 is 8.36. The number of aryl methyl sites for hydroxylation is 1. The maximum absolute atomic E-state index is 6.31. The molecule has 1 aromatic heterocycles. The summed E-state index contributed by atoms with van der Waals surface area (Å²) >= 11 is 0. The molecule has 0 radical (unpaired) electrons. The van der Waals surface area contributed by atoms with Crippen LogP contribution in [0.1, 0.15) is 71.0 Å². The first kappa shape index (κ1) is 16.4. The molecule has 0 bridgehead atoms. The molecule has 1 fully saturated rings. The molecule has 21 heavy (non-hydrogen) atoms. The molecule has 1 aliphatic rings. The summed E-state index contributed by atoms with van der Waals surface area (Å²) in [6.07, 6.45) is 9.04. The minimum absolute atomic E-state index is 0.101. The van der Waals surface area contributed by atoms with Gasteiger partial charge in [0.05, 0.1) is 23.5 Å². The second-order valence-electron chi connectivity index (χ2n) is 5.93. The van der Waals surface area contributed by atoms with Gasteiger partial charge in [-0.1, -0.05) is 38.3 Å². The number of hydrogen-bond acceptors (Lipinski definition) is 4. The van der Waals surface area contributed by atoms with E-state index in [0.717, 1.165) is 39.0 Å². The Bertz CT molecular complexity index is 407. The fourth-order valence-electron chi connectivity index (χ4n) is 3.59. The summed E-state index contributed by atoms with van der Waals surface area (Å²) in [4.78, 5) is 0. The molecule has 0 aliphatic heterocycles. The van der Waals surface area contributed by atoms with Gasteiger partial charge in [-0.15, -0.1) is 5.10 Å². The molecule has 1 unspecified atom stereocenters. The highest BCUT2D eigenvalue weighted by atomic mass is 16.5. The summed E-state index contributed by atoms with van der Waals surface area (Å²) in [5.74, 6) is 0. The van der Waals surface area contributed by atoms with Gasteiger partial charge >= 0.3 is 0 Å². The van der Waals surface area contributed by atoms with Crippen LogP contribution in [0.15, 0.2) is 6.20 Å². The molecule has 0 saturated heterocycles. The summed E-state index contributed by atoms with van der Waals surface area (Å²) in [5.41, 5.74) is 1.07. The van der Waals surface area contributed by atoms with E-state index in [-0.39, 0.29) is 11.6 Å². The van der Waals surface area contributed by atoms with E-state index in [1.165, 1.54) is 25.0 Å². The lowest BCUT2D eigenvalue weighted by atomic mass is 9.78. The van der Waals surface area contributed by atoms with Crippen molar-refractivity contribution >= 4 is 0 Å². The number of hydrogen-bond donors (Lipinski definition) is 1. The summed E-state index contributed by atoms with van der Waals surface area (Å²) in [6.45, 7) is 9.03. The Hall–Kier alpha value is -0.940. The molecular formula is C16H30N4O. The molecule has 5 nitrogen and oxygen atoms in total. The average Bonchev–Trinajstić information content (AvgIpc) is 2.94. The van der Waals surface area contributed by atoms with E-state index in [1.807, 2.05) is 10.9 Å². The maximum Gasteiger partial charge on any atom is 0.0892 e. The topological polar surface area (TPSA) is 52.0 Å². The van der Waals surface area contributed by atoms with Crippen molar-refractivity contribution in [1.82, 2.24) is 20.3 Å². The van der Waals surface area contributed by atoms with Gasteiger partial charge in [-0.2, -0.15) is 0 Å². The van der Waals surface area contributed by atoms with E-state index in [9.17, 15) is 0 Å². The van der Waals surface area contributed by atoms with E-state index in [2.05, 4.69) is 36.4 Å². The standard InChI is InChI=1S/C16H30N4O/c1-4-12-20-14(13-18-19-20)15(17-5-2)16(21-6-3)10-8-7-9-11-16/h13,15,17H,4-12H2,1-3H3. The quantitative estimate of drug-likeness (QED) is 0.800. The molecule has 1 saturated carbocycles. The minimum Gasteiger partial charge on any atom is -0.373 e. The average molecular weight is 294 g/mol. The first-order valence-corrected chi connectivity index (χ1v) is 8.53. The van der Waals surface area contributed by atoms with E-state index in [0.29, 0.717) is 0 Å². The number of rotatable bonds is 8. The van der Waals surface area contributed by atoms with Gasteiger partial charge in [-0.3, -0.25) is 0 Å². The normalized spacial score (nSPS) is 19.6. The van der Waals surface area contributed by atoms with Gasteiger partial charge < -0.3 is 10.1 Å². The SMILES string of the molecule is CCCn1nncc1C(NCC)C1(OCC)CCCCC1. The van der Waals surface area contributed by atoms with Crippen LogP contribution < -0.4 is 5.32 Å². The molecule has 1 heterocycles. The van der Waals surface area contributed by atoms with Crippen molar-refractivity contribution in [3.63, 3.8) is 0 Å². The number of nitrogens with zero attached hydrogens (tertiary/aromatic N) is 3. The lowest BCUT2D eigenvalue weighted by molar-refractivity contribution is -0.0926. The lowest BCUT2D eigenvalue weighted by Gasteiger charge is -2.43. The fraction of sp³-hybridized carbons (Fsp3) is 0.875. The highest BCUT2D eigenvalue weighted by Gasteiger charge is 2.42. The lowest BCUT2D eigenvalue weighted by Crippen LogP contribution is -2.48. The first-order valence-electron chi connectivity index (χ1n) is 8.53. The van der Waals surface area contributed by atoms with Crippen LogP contribution in [0, 0.1) is 0 Å². The van der Waals surface area contributed by atoms with Crippen molar-refractivity contribution in [2.24, 2.45) is 0 Å². The molecule has 1 aliphatic carbocycles. The Labute approximate surface area is 128 Å². The smallest absolute Gasteiger partial charge is 0.0892 e. The van der Waals surface area contributed by atoms with Crippen LogP contribution in [-0.4, -0.2) is 33.7 Å². The van der Waals surface area contributed by atoms with E-state index in [1.54, 1.807) is 0 Å². The Kier molecular flexibility index (Phi) is 6.18. The van der Waals surface area contributed by atoms with Crippen molar-refractivity contribution in [3.8, 4) is 0 Å². The summed E-state index contributed by atoms with van der Waals surface area (Å²) in [7, 11) is 0. The van der Waals surface area contributed by atoms with Crippen LogP contribution >= 0.6 is 0 Å². The molecular weight excluding hydrogens is 264 g/mol. The van der Waals surface area contributed by atoms with Gasteiger partial charge in [-0.25, -0.2) is 4.68 Å². The van der Waals surface area contributed by atoms with E-state index >= 15 is 0 Å². The van der Waals surface area contributed by atoms with Crippen LogP contribution in [0.2, 0.25) is 0 Å². The van der Waals surface area contributed by atoms with Crippen molar-refractivity contribution in [2.45, 2.75) is 77.5 Å². The third-order valence-electron chi connectivity index (χ3n) is 4.44. The molecule has 1 N–H and O–H groups in total. The van der Waals surface area contributed by atoms with Crippen molar-refractivity contribution in [2.75, 3.05) is 13.2 Å². The molecule has 0 spiro atoms. The minimum atomic E-state index is -0.101. The molecule has 1 atom stereocenters. The van der Waals surface area contributed by atoms with Gasteiger partial charge in [0.2, 0.25) is 0 Å². The summed E-state index contributed by atoms with van der Waals surface area (Å²) in [5, 5.41) is 12.1. The highest BCUT2D eigenvalue weighted by molar-refractivity contribution is 5.11. The van der Waals surface area contributed by atoms with Crippen LogP contribution in [0.25, 0.3) is 0 Å². The van der Waals surface area contributed by atoms with Crippen molar-refractivity contribution in [1.29, 1.82) is 0 Å². The highest BCUT2D eigenvalue weighted by Crippen LogP contribution is 2.41. The number of ether oxygens (including phenoxy) is 1. The third kappa shape index (κ3) is 3.64. The zero-order valence-electron chi connectivity index (χ0n) is 13.8. The van der Waals surface area contributed by atoms with Gasteiger partial charge in [0.25, 0.3) is 0 Å². The predicted octanol–water partition coefficient (Wildman–Crippen LogP) is 3.08. The summed E-state index contributed by atoms with van der Waals surface area (Å²) in [6, 6.07) is 0.185. The predicted molar refractivity (Wildman–Crippen MR) is 84.2 cm³/mol. The molecule has 120 valence electrons. The fourth-order valence-corrected chi connectivity index (χ4v) is 3.59. The van der Waals surface area contributed by atoms with Crippen molar-refractivity contribution in [3.05, 3.63) is 11.9 Å². The second-order valence-corrected chi connectivity index (χ2v) is 5.93. The van der Waals surface area contributed by atoms with Crippen LogP contribution in [0.5, 0.6) is 0 Å². The molecule has 5 heteroatoms. The maximum atomic E-state index is 6.31. The number of aromatic nitrogens is 3. The van der Waals surface area contributed by atoms with Crippen LogP contribution in [0.3, 0.4) is 0 Å².